The number of piperidine rings is 1. The van der Waals surface area contributed by atoms with Gasteiger partial charge in [-0.15, -0.1) is 0 Å². The first-order chi connectivity index (χ1) is 7.27. The van der Waals surface area contributed by atoms with Gasteiger partial charge in [-0.3, -0.25) is 4.90 Å². The van der Waals surface area contributed by atoms with E-state index in [1.54, 1.807) is 0 Å². The zero-order valence-electron chi connectivity index (χ0n) is 10.2. The molecule has 2 atom stereocenters. The molecule has 1 aliphatic rings. The van der Waals surface area contributed by atoms with Gasteiger partial charge in [0.1, 0.15) is 0 Å². The van der Waals surface area contributed by atoms with E-state index >= 15 is 0 Å². The minimum atomic E-state index is 0.639. The van der Waals surface area contributed by atoms with Crippen LogP contribution in [0, 0.1) is 5.92 Å². The van der Waals surface area contributed by atoms with E-state index in [2.05, 4.69) is 18.1 Å². The maximum Gasteiger partial charge on any atom is 0.0218 e. The molecular formula is C12H26N2S. The third kappa shape index (κ3) is 4.75. The van der Waals surface area contributed by atoms with Gasteiger partial charge in [-0.25, -0.2) is 0 Å². The van der Waals surface area contributed by atoms with Crippen molar-refractivity contribution in [3.8, 4) is 0 Å². The van der Waals surface area contributed by atoms with Gasteiger partial charge in [0.05, 0.1) is 0 Å². The van der Waals surface area contributed by atoms with Crippen molar-refractivity contribution in [1.29, 1.82) is 0 Å². The minimum absolute atomic E-state index is 0.639. The van der Waals surface area contributed by atoms with Crippen LogP contribution in [-0.4, -0.2) is 42.6 Å². The Morgan fingerprint density at radius 1 is 1.53 bits per heavy atom. The number of thioether (sulfide) groups is 1. The molecular weight excluding hydrogens is 204 g/mol. The van der Waals surface area contributed by atoms with Crippen molar-refractivity contribution in [2.45, 2.75) is 38.6 Å². The van der Waals surface area contributed by atoms with Crippen molar-refractivity contribution in [3.63, 3.8) is 0 Å². The van der Waals surface area contributed by atoms with Crippen LogP contribution in [0.2, 0.25) is 0 Å². The first-order valence-corrected chi connectivity index (χ1v) is 7.60. The molecule has 0 aromatic rings. The molecule has 3 heteroatoms. The quantitative estimate of drug-likeness (QED) is 0.709. The molecule has 90 valence electrons. The molecule has 1 rings (SSSR count). The Balaban J connectivity index is 2.29. The lowest BCUT2D eigenvalue weighted by atomic mass is 9.97. The first-order valence-electron chi connectivity index (χ1n) is 6.21. The Bertz CT molecular complexity index is 164. The monoisotopic (exact) mass is 230 g/mol. The Hall–Kier alpha value is 0.270. The lowest BCUT2D eigenvalue weighted by Gasteiger charge is -2.36. The number of nitrogens with two attached hydrogens (primary N) is 1. The molecule has 0 aromatic carbocycles. The van der Waals surface area contributed by atoms with Crippen molar-refractivity contribution in [1.82, 2.24) is 4.90 Å². The van der Waals surface area contributed by atoms with E-state index < -0.39 is 0 Å². The van der Waals surface area contributed by atoms with Gasteiger partial charge in [-0.1, -0.05) is 6.92 Å². The summed E-state index contributed by atoms with van der Waals surface area (Å²) in [4.78, 5) is 2.62. The Morgan fingerprint density at radius 2 is 2.33 bits per heavy atom. The molecule has 0 aromatic heterocycles. The molecule has 0 aliphatic carbocycles. The highest BCUT2D eigenvalue weighted by atomic mass is 32.2. The minimum Gasteiger partial charge on any atom is -0.329 e. The fourth-order valence-electron chi connectivity index (χ4n) is 2.47. The van der Waals surface area contributed by atoms with E-state index in [9.17, 15) is 0 Å². The Kier molecular flexibility index (Phi) is 6.69. The van der Waals surface area contributed by atoms with Crippen LogP contribution in [0.3, 0.4) is 0 Å². The maximum atomic E-state index is 5.88. The topological polar surface area (TPSA) is 29.3 Å². The van der Waals surface area contributed by atoms with Crippen molar-refractivity contribution in [3.05, 3.63) is 0 Å². The average molecular weight is 230 g/mol. The summed E-state index contributed by atoms with van der Waals surface area (Å²) in [5.41, 5.74) is 5.88. The number of hydrogen-bond acceptors (Lipinski definition) is 3. The molecule has 0 saturated carbocycles. The summed E-state index contributed by atoms with van der Waals surface area (Å²) in [5.74, 6) is 2.15. The van der Waals surface area contributed by atoms with E-state index in [4.69, 9.17) is 5.73 Å². The second-order valence-corrected chi connectivity index (χ2v) is 5.75. The zero-order chi connectivity index (χ0) is 11.1. The van der Waals surface area contributed by atoms with Gasteiger partial charge in [-0.05, 0) is 50.2 Å². The lowest BCUT2D eigenvalue weighted by molar-refractivity contribution is 0.127. The highest BCUT2D eigenvalue weighted by Gasteiger charge is 2.22. The van der Waals surface area contributed by atoms with E-state index in [0.717, 1.165) is 12.5 Å². The SMILES string of the molecule is CSCCCC(CN)N1CCCC(C)C1. The first kappa shape index (κ1) is 13.3. The molecule has 0 spiro atoms. The number of nitrogens with zero attached hydrogens (tertiary/aromatic N) is 1. The molecule has 15 heavy (non-hydrogen) atoms. The number of rotatable bonds is 6. The molecule has 0 amide bonds. The van der Waals surface area contributed by atoms with Gasteiger partial charge >= 0.3 is 0 Å². The summed E-state index contributed by atoms with van der Waals surface area (Å²) in [5, 5.41) is 0. The van der Waals surface area contributed by atoms with Gasteiger partial charge in [0.15, 0.2) is 0 Å². The fourth-order valence-corrected chi connectivity index (χ4v) is 2.93. The molecule has 1 saturated heterocycles. The van der Waals surface area contributed by atoms with E-state index in [-0.39, 0.29) is 0 Å². The molecule has 1 heterocycles. The molecule has 2 N–H and O–H groups in total. The summed E-state index contributed by atoms with van der Waals surface area (Å²) in [7, 11) is 0. The Morgan fingerprint density at radius 3 is 2.93 bits per heavy atom. The summed E-state index contributed by atoms with van der Waals surface area (Å²) in [6.07, 6.45) is 7.54. The predicted molar refractivity (Wildman–Crippen MR) is 70.4 cm³/mol. The van der Waals surface area contributed by atoms with Crippen LogP contribution >= 0.6 is 11.8 Å². The maximum absolute atomic E-state index is 5.88. The standard InChI is InChI=1S/C12H26N2S/c1-11-5-3-7-14(10-11)12(9-13)6-4-8-15-2/h11-12H,3-10,13H2,1-2H3. The summed E-state index contributed by atoms with van der Waals surface area (Å²) < 4.78 is 0. The van der Waals surface area contributed by atoms with Crippen molar-refractivity contribution < 1.29 is 0 Å². The van der Waals surface area contributed by atoms with Crippen LogP contribution in [0.15, 0.2) is 0 Å². The molecule has 0 radical (unpaired) electrons. The second-order valence-electron chi connectivity index (χ2n) is 4.77. The average Bonchev–Trinajstić information content (AvgIpc) is 2.24. The van der Waals surface area contributed by atoms with Gasteiger partial charge in [-0.2, -0.15) is 11.8 Å². The number of likely N-dealkylation sites (tertiary alicyclic amines) is 1. The van der Waals surface area contributed by atoms with Crippen LogP contribution in [0.4, 0.5) is 0 Å². The summed E-state index contributed by atoms with van der Waals surface area (Å²) >= 11 is 1.94. The van der Waals surface area contributed by atoms with Crippen molar-refractivity contribution in [2.75, 3.05) is 31.6 Å². The van der Waals surface area contributed by atoms with Crippen LogP contribution in [0.25, 0.3) is 0 Å². The molecule has 1 fully saturated rings. The zero-order valence-corrected chi connectivity index (χ0v) is 11.1. The largest absolute Gasteiger partial charge is 0.329 e. The summed E-state index contributed by atoms with van der Waals surface area (Å²) in [6, 6.07) is 0.639. The van der Waals surface area contributed by atoms with E-state index in [1.807, 2.05) is 11.8 Å². The van der Waals surface area contributed by atoms with E-state index in [1.165, 1.54) is 44.5 Å². The van der Waals surface area contributed by atoms with Gasteiger partial charge in [0, 0.05) is 19.1 Å². The van der Waals surface area contributed by atoms with Crippen LogP contribution in [0.1, 0.15) is 32.6 Å². The number of hydrogen-bond donors (Lipinski definition) is 1. The highest BCUT2D eigenvalue weighted by molar-refractivity contribution is 7.98. The van der Waals surface area contributed by atoms with Crippen molar-refractivity contribution in [2.24, 2.45) is 11.7 Å². The van der Waals surface area contributed by atoms with Crippen LogP contribution < -0.4 is 5.73 Å². The molecule has 1 aliphatic heterocycles. The summed E-state index contributed by atoms with van der Waals surface area (Å²) in [6.45, 7) is 5.73. The highest BCUT2D eigenvalue weighted by Crippen LogP contribution is 2.19. The van der Waals surface area contributed by atoms with Gasteiger partial charge in [0.2, 0.25) is 0 Å². The van der Waals surface area contributed by atoms with E-state index in [0.29, 0.717) is 6.04 Å². The molecule has 0 bridgehead atoms. The Labute approximate surface area is 99.0 Å². The second kappa shape index (κ2) is 7.53. The normalized spacial score (nSPS) is 25.4. The van der Waals surface area contributed by atoms with Crippen molar-refractivity contribution >= 4 is 11.8 Å². The third-order valence-corrected chi connectivity index (χ3v) is 4.06. The van der Waals surface area contributed by atoms with Gasteiger partial charge < -0.3 is 5.73 Å². The van der Waals surface area contributed by atoms with Crippen LogP contribution in [0.5, 0.6) is 0 Å². The molecule has 2 unspecified atom stereocenters. The third-order valence-electron chi connectivity index (χ3n) is 3.36. The smallest absolute Gasteiger partial charge is 0.0218 e. The fraction of sp³-hybridized carbons (Fsp3) is 1.00. The lowest BCUT2D eigenvalue weighted by Crippen LogP contribution is -2.45. The van der Waals surface area contributed by atoms with Crippen LogP contribution in [-0.2, 0) is 0 Å². The predicted octanol–water partition coefficient (Wildman–Crippen LogP) is 2.19. The molecule has 2 nitrogen and oxygen atoms in total. The van der Waals surface area contributed by atoms with Gasteiger partial charge in [0.25, 0.3) is 0 Å².